The number of nitrogens with two attached hydrogens (primary N) is 1. The number of nitrogens with zero attached hydrogens (tertiary/aromatic N) is 1. The fourth-order valence-corrected chi connectivity index (χ4v) is 4.91. The molecule has 3 amide bonds. The Bertz CT molecular complexity index is 1280. The van der Waals surface area contributed by atoms with E-state index in [0.29, 0.717) is 34.6 Å². The predicted molar refractivity (Wildman–Crippen MR) is 153 cm³/mol. The molecule has 1 aliphatic heterocycles. The summed E-state index contributed by atoms with van der Waals surface area (Å²) in [6.45, 7) is 3.51. The molecular formula is C30H40N4O7. The number of nitrogens with one attached hydrogen (secondary N) is 2. The number of esters is 1. The number of hydrogen-bond donors (Lipinski definition) is 3. The van der Waals surface area contributed by atoms with E-state index < -0.39 is 47.9 Å². The molecule has 41 heavy (non-hydrogen) atoms. The monoisotopic (exact) mass is 568 g/mol. The van der Waals surface area contributed by atoms with Gasteiger partial charge in [0.25, 0.3) is 0 Å². The number of fused-ring (bicyclic) bond motifs is 5. The lowest BCUT2D eigenvalue weighted by Gasteiger charge is -2.31. The standard InChI is InChI=1S/C30H40N4O7/c1-7-8-9-22(31)29(37)34(3)26-19-11-13-25(40-5)21(16-19)20-14-18(10-12-24(20)39-4)15-23(30(38)41-6)33-27(35)17(2)32-28(26)36/h10-14,16-17,22-23,26H,7-9,15,31H2,1-6H3,(H,32,36)(H,33,35). The molecular weight excluding hydrogens is 528 g/mol. The number of amides is 3. The Morgan fingerprint density at radius 1 is 1.00 bits per heavy atom. The van der Waals surface area contributed by atoms with Crippen LogP contribution >= 0.6 is 0 Å². The van der Waals surface area contributed by atoms with Gasteiger partial charge in [-0.2, -0.15) is 0 Å². The third-order valence-electron chi connectivity index (χ3n) is 7.26. The Hall–Kier alpha value is -4.12. The van der Waals surface area contributed by atoms with E-state index >= 15 is 0 Å². The molecule has 3 rings (SSSR count). The highest BCUT2D eigenvalue weighted by atomic mass is 16.5. The Balaban J connectivity index is 2.24. The van der Waals surface area contributed by atoms with Gasteiger partial charge in [-0.1, -0.05) is 31.9 Å². The molecule has 1 aliphatic rings. The maximum absolute atomic E-state index is 13.8. The summed E-state index contributed by atoms with van der Waals surface area (Å²) in [7, 11) is 5.82. The minimum absolute atomic E-state index is 0.133. The van der Waals surface area contributed by atoms with Crippen molar-refractivity contribution in [3.05, 3.63) is 47.5 Å². The van der Waals surface area contributed by atoms with Crippen LogP contribution in [0.4, 0.5) is 0 Å². The number of hydrogen-bond acceptors (Lipinski definition) is 8. The Kier molecular flexibility index (Phi) is 10.7. The number of methoxy groups -OCH3 is 3. The van der Waals surface area contributed by atoms with E-state index in [-0.39, 0.29) is 6.42 Å². The van der Waals surface area contributed by atoms with Crippen LogP contribution in [0.1, 0.15) is 50.3 Å². The lowest BCUT2D eigenvalue weighted by Crippen LogP contribution is -2.54. The molecule has 0 aromatic heterocycles. The van der Waals surface area contributed by atoms with E-state index in [2.05, 4.69) is 10.6 Å². The van der Waals surface area contributed by atoms with E-state index in [9.17, 15) is 19.2 Å². The van der Waals surface area contributed by atoms with Gasteiger partial charge >= 0.3 is 5.97 Å². The number of carbonyl (C=O) groups excluding carboxylic acids is 4. The molecule has 4 N–H and O–H groups in total. The lowest BCUT2D eigenvalue weighted by molar-refractivity contribution is -0.145. The van der Waals surface area contributed by atoms with E-state index in [1.54, 1.807) is 30.3 Å². The van der Waals surface area contributed by atoms with Crippen LogP contribution in [0.3, 0.4) is 0 Å². The van der Waals surface area contributed by atoms with Crippen molar-refractivity contribution in [1.29, 1.82) is 0 Å². The van der Waals surface area contributed by atoms with E-state index in [1.165, 1.54) is 40.2 Å². The minimum atomic E-state index is -1.12. The molecule has 0 fully saturated rings. The van der Waals surface area contributed by atoms with Gasteiger partial charge < -0.3 is 35.5 Å². The molecule has 0 spiro atoms. The molecule has 4 unspecified atom stereocenters. The van der Waals surface area contributed by atoms with Gasteiger partial charge in [0, 0.05) is 24.6 Å². The first-order valence-corrected chi connectivity index (χ1v) is 13.6. The Morgan fingerprint density at radius 3 is 2.24 bits per heavy atom. The fourth-order valence-electron chi connectivity index (χ4n) is 4.91. The van der Waals surface area contributed by atoms with Crippen molar-refractivity contribution < 1.29 is 33.4 Å². The summed E-state index contributed by atoms with van der Waals surface area (Å²) in [5.74, 6) is -1.17. The zero-order chi connectivity index (χ0) is 30.3. The fraction of sp³-hybridized carbons (Fsp3) is 0.467. The van der Waals surface area contributed by atoms with Gasteiger partial charge in [0.05, 0.1) is 27.4 Å². The minimum Gasteiger partial charge on any atom is -0.496 e. The molecule has 4 bridgehead atoms. The molecule has 222 valence electrons. The Morgan fingerprint density at radius 2 is 1.63 bits per heavy atom. The molecule has 11 heteroatoms. The van der Waals surface area contributed by atoms with Gasteiger partial charge in [-0.05, 0) is 48.7 Å². The van der Waals surface area contributed by atoms with Crippen LogP contribution in [0.25, 0.3) is 11.1 Å². The number of unbranched alkanes of at least 4 members (excludes halogenated alkanes) is 1. The number of rotatable bonds is 8. The van der Waals surface area contributed by atoms with Gasteiger partial charge in [-0.3, -0.25) is 14.4 Å². The number of carbonyl (C=O) groups is 4. The van der Waals surface area contributed by atoms with Gasteiger partial charge in [-0.25, -0.2) is 4.79 Å². The molecule has 0 radical (unpaired) electrons. The zero-order valence-corrected chi connectivity index (χ0v) is 24.5. The summed E-state index contributed by atoms with van der Waals surface area (Å²) in [4.78, 5) is 54.2. The third kappa shape index (κ3) is 7.15. The van der Waals surface area contributed by atoms with Crippen molar-refractivity contribution in [3.63, 3.8) is 0 Å². The molecule has 0 saturated heterocycles. The van der Waals surface area contributed by atoms with E-state index in [0.717, 1.165) is 18.4 Å². The van der Waals surface area contributed by atoms with Gasteiger partial charge in [-0.15, -0.1) is 0 Å². The molecule has 2 aromatic carbocycles. The molecule has 11 nitrogen and oxygen atoms in total. The van der Waals surface area contributed by atoms with E-state index in [4.69, 9.17) is 19.9 Å². The molecule has 2 aromatic rings. The van der Waals surface area contributed by atoms with Crippen molar-refractivity contribution in [2.45, 2.75) is 63.7 Å². The molecule has 0 saturated carbocycles. The highest BCUT2D eigenvalue weighted by molar-refractivity contribution is 5.95. The number of likely N-dealkylation sites (N-methyl/N-ethyl adjacent to an activating group) is 1. The largest absolute Gasteiger partial charge is 0.496 e. The van der Waals surface area contributed by atoms with Gasteiger partial charge in [0.1, 0.15) is 29.6 Å². The second-order valence-electron chi connectivity index (χ2n) is 10.1. The van der Waals surface area contributed by atoms with Crippen LogP contribution < -0.4 is 25.8 Å². The van der Waals surface area contributed by atoms with Gasteiger partial charge in [0.15, 0.2) is 0 Å². The lowest BCUT2D eigenvalue weighted by atomic mass is 9.93. The summed E-state index contributed by atoms with van der Waals surface area (Å²) in [5, 5.41) is 5.39. The van der Waals surface area contributed by atoms with Crippen LogP contribution in [0.15, 0.2) is 36.4 Å². The first-order valence-electron chi connectivity index (χ1n) is 13.6. The van der Waals surface area contributed by atoms with Gasteiger partial charge in [0.2, 0.25) is 17.7 Å². The van der Waals surface area contributed by atoms with Crippen molar-refractivity contribution in [1.82, 2.24) is 15.5 Å². The van der Waals surface area contributed by atoms with Crippen LogP contribution in [0.2, 0.25) is 0 Å². The smallest absolute Gasteiger partial charge is 0.328 e. The molecule has 1 heterocycles. The van der Waals surface area contributed by atoms with Crippen LogP contribution in [-0.2, 0) is 30.3 Å². The summed E-state index contributed by atoms with van der Waals surface area (Å²) < 4.78 is 16.2. The van der Waals surface area contributed by atoms with Crippen molar-refractivity contribution in [2.24, 2.45) is 5.73 Å². The molecule has 0 aliphatic carbocycles. The SMILES string of the molecule is CCCCC(N)C(=O)N(C)C1C(=O)NC(C)C(=O)NC(C(=O)OC)Cc2ccc(OC)c(c2)-c2cc1ccc2OC. The summed E-state index contributed by atoms with van der Waals surface area (Å²) in [5.41, 5.74) is 8.67. The first-order chi connectivity index (χ1) is 19.6. The van der Waals surface area contributed by atoms with Crippen molar-refractivity contribution >= 4 is 23.7 Å². The highest BCUT2D eigenvalue weighted by Crippen LogP contribution is 2.39. The zero-order valence-electron chi connectivity index (χ0n) is 24.5. The second-order valence-corrected chi connectivity index (χ2v) is 10.1. The normalized spacial score (nSPS) is 19.6. The maximum Gasteiger partial charge on any atom is 0.328 e. The topological polar surface area (TPSA) is 149 Å². The third-order valence-corrected chi connectivity index (χ3v) is 7.26. The quantitative estimate of drug-likeness (QED) is 0.410. The molecule has 4 atom stereocenters. The predicted octanol–water partition coefficient (Wildman–Crippen LogP) is 2.11. The summed E-state index contributed by atoms with van der Waals surface area (Å²) >= 11 is 0. The number of ether oxygens (including phenoxy) is 3. The van der Waals surface area contributed by atoms with Crippen molar-refractivity contribution in [2.75, 3.05) is 28.4 Å². The Labute approximate surface area is 240 Å². The van der Waals surface area contributed by atoms with Crippen molar-refractivity contribution in [3.8, 4) is 22.6 Å². The van der Waals surface area contributed by atoms with Crippen LogP contribution in [0.5, 0.6) is 11.5 Å². The maximum atomic E-state index is 13.8. The first kappa shape index (κ1) is 31.4. The van der Waals surface area contributed by atoms with Crippen LogP contribution in [-0.4, -0.2) is 75.1 Å². The van der Waals surface area contributed by atoms with E-state index in [1.807, 2.05) is 13.0 Å². The average Bonchev–Trinajstić information content (AvgIpc) is 2.97. The summed E-state index contributed by atoms with van der Waals surface area (Å²) in [6.07, 6.45) is 2.24. The van der Waals surface area contributed by atoms with Crippen LogP contribution in [0, 0.1) is 0 Å². The highest BCUT2D eigenvalue weighted by Gasteiger charge is 2.34. The number of benzene rings is 2. The second kappa shape index (κ2) is 14.0. The average molecular weight is 569 g/mol. The summed E-state index contributed by atoms with van der Waals surface area (Å²) in [6, 6.07) is 6.62.